The van der Waals surface area contributed by atoms with E-state index in [1.165, 1.54) is 11.1 Å². The molecule has 0 saturated heterocycles. The number of carbonyl (C=O) groups excluding carboxylic acids is 1. The fraction of sp³-hybridized carbons (Fsp3) is 0.375. The molecular weight excluding hydrogens is 453 g/mol. The van der Waals surface area contributed by atoms with Crippen molar-refractivity contribution in [1.29, 1.82) is 0 Å². The number of hydrogen-bond donors (Lipinski definition) is 0. The van der Waals surface area contributed by atoms with Crippen molar-refractivity contribution in [3.8, 4) is 11.1 Å². The zero-order valence-corrected chi connectivity index (χ0v) is 19.9. The van der Waals surface area contributed by atoms with Crippen molar-refractivity contribution in [2.24, 2.45) is 5.41 Å². The van der Waals surface area contributed by atoms with E-state index in [-0.39, 0.29) is 29.0 Å². The molecule has 0 N–H and O–H groups in total. The lowest BCUT2D eigenvalue weighted by Crippen LogP contribution is -2.36. The summed E-state index contributed by atoms with van der Waals surface area (Å²) >= 11 is 5.98. The van der Waals surface area contributed by atoms with Crippen molar-refractivity contribution < 1.29 is 18.0 Å². The van der Waals surface area contributed by atoms with Crippen LogP contribution >= 0.6 is 11.6 Å². The molecular formula is C24H26ClF3N4O. The maximum Gasteiger partial charge on any atom is 0.431 e. The van der Waals surface area contributed by atoms with E-state index >= 15 is 0 Å². The highest BCUT2D eigenvalue weighted by molar-refractivity contribution is 6.30. The molecule has 33 heavy (non-hydrogen) atoms. The molecule has 176 valence electrons. The second-order valence-electron chi connectivity index (χ2n) is 9.22. The minimum absolute atomic E-state index is 0.0681. The third kappa shape index (κ3) is 5.93. The summed E-state index contributed by atoms with van der Waals surface area (Å²) in [5, 5.41) is 0.445. The molecule has 0 atom stereocenters. The number of nitrogens with zero attached hydrogens (tertiary/aromatic N) is 4. The molecule has 5 nitrogen and oxygen atoms in total. The van der Waals surface area contributed by atoms with Crippen LogP contribution in [-0.2, 0) is 12.7 Å². The summed E-state index contributed by atoms with van der Waals surface area (Å²) in [5.41, 5.74) is 0.0102. The minimum Gasteiger partial charge on any atom is -0.340 e. The van der Waals surface area contributed by atoms with Crippen molar-refractivity contribution >= 4 is 17.5 Å². The van der Waals surface area contributed by atoms with Gasteiger partial charge < -0.3 is 9.47 Å². The Labute approximate surface area is 196 Å². The maximum absolute atomic E-state index is 14.1. The van der Waals surface area contributed by atoms with Crippen LogP contribution in [0.5, 0.6) is 0 Å². The Hall–Kier alpha value is -2.87. The van der Waals surface area contributed by atoms with Gasteiger partial charge in [0.1, 0.15) is 17.2 Å². The van der Waals surface area contributed by atoms with Crippen LogP contribution in [0.1, 0.15) is 48.5 Å². The fourth-order valence-electron chi connectivity index (χ4n) is 3.71. The van der Waals surface area contributed by atoms with Crippen LogP contribution in [0.4, 0.5) is 13.2 Å². The highest BCUT2D eigenvalue weighted by Crippen LogP contribution is 2.38. The second-order valence-corrected chi connectivity index (χ2v) is 9.66. The normalized spacial score (nSPS) is 12.2. The lowest BCUT2D eigenvalue weighted by molar-refractivity contribution is -0.143. The van der Waals surface area contributed by atoms with E-state index in [1.54, 1.807) is 44.3 Å². The van der Waals surface area contributed by atoms with Gasteiger partial charge in [-0.3, -0.25) is 4.79 Å². The number of aromatic nitrogens is 3. The van der Waals surface area contributed by atoms with Crippen molar-refractivity contribution in [3.63, 3.8) is 0 Å². The average molecular weight is 479 g/mol. The van der Waals surface area contributed by atoms with Crippen LogP contribution < -0.4 is 0 Å². The van der Waals surface area contributed by atoms with Gasteiger partial charge in [-0.1, -0.05) is 44.5 Å². The van der Waals surface area contributed by atoms with E-state index in [2.05, 4.69) is 9.97 Å². The first-order valence-electron chi connectivity index (χ1n) is 10.4. The molecule has 2 heterocycles. The van der Waals surface area contributed by atoms with Gasteiger partial charge in [0.05, 0.1) is 6.54 Å². The van der Waals surface area contributed by atoms with Crippen LogP contribution in [0.25, 0.3) is 11.1 Å². The minimum atomic E-state index is -4.69. The number of aryl methyl sites for hydroxylation is 1. The lowest BCUT2D eigenvalue weighted by Gasteiger charge is -2.27. The van der Waals surface area contributed by atoms with Crippen molar-refractivity contribution in [3.05, 3.63) is 70.5 Å². The molecule has 1 aromatic carbocycles. The Bertz CT molecular complexity index is 1150. The van der Waals surface area contributed by atoms with Gasteiger partial charge in [-0.15, -0.1) is 0 Å². The highest BCUT2D eigenvalue weighted by atomic mass is 35.5. The molecule has 0 aliphatic rings. The van der Waals surface area contributed by atoms with E-state index in [1.807, 2.05) is 20.8 Å². The summed E-state index contributed by atoms with van der Waals surface area (Å²) < 4.78 is 43.4. The summed E-state index contributed by atoms with van der Waals surface area (Å²) in [4.78, 5) is 23.4. The zero-order chi connectivity index (χ0) is 24.6. The Balaban J connectivity index is 2.25. The van der Waals surface area contributed by atoms with Crippen molar-refractivity contribution in [2.45, 2.75) is 40.4 Å². The quantitative estimate of drug-likeness (QED) is 0.445. The monoisotopic (exact) mass is 478 g/mol. The Morgan fingerprint density at radius 2 is 1.76 bits per heavy atom. The van der Waals surface area contributed by atoms with Crippen molar-refractivity contribution in [1.82, 2.24) is 19.4 Å². The summed E-state index contributed by atoms with van der Waals surface area (Å²) in [7, 11) is 1.59. The predicted molar refractivity (Wildman–Crippen MR) is 122 cm³/mol. The number of rotatable bonds is 5. The van der Waals surface area contributed by atoms with Gasteiger partial charge in [0.25, 0.3) is 5.91 Å². The number of benzene rings is 1. The SMILES string of the molecule is Cc1ccnc(Cn2c(C(F)(F)F)cc(-c3ccc(Cl)cc3)c2C(=O)N(C)CC(C)(C)C)n1. The largest absolute Gasteiger partial charge is 0.431 e. The predicted octanol–water partition coefficient (Wildman–Crippen LogP) is 6.09. The Kier molecular flexibility index (Phi) is 6.88. The molecule has 3 aromatic rings. The maximum atomic E-state index is 14.1. The topological polar surface area (TPSA) is 51.0 Å². The fourth-order valence-corrected chi connectivity index (χ4v) is 3.84. The smallest absolute Gasteiger partial charge is 0.340 e. The van der Waals surface area contributed by atoms with E-state index in [0.29, 0.717) is 22.8 Å². The van der Waals surface area contributed by atoms with E-state index < -0.39 is 17.8 Å². The van der Waals surface area contributed by atoms with Gasteiger partial charge in [-0.2, -0.15) is 13.2 Å². The average Bonchev–Trinajstić information content (AvgIpc) is 3.06. The first kappa shape index (κ1) is 24.8. The van der Waals surface area contributed by atoms with Gasteiger partial charge in [0, 0.05) is 36.1 Å². The van der Waals surface area contributed by atoms with Crippen LogP contribution in [0.15, 0.2) is 42.6 Å². The van der Waals surface area contributed by atoms with Gasteiger partial charge in [0.15, 0.2) is 0 Å². The molecule has 2 aromatic heterocycles. The molecule has 0 radical (unpaired) electrons. The molecule has 0 fully saturated rings. The summed E-state index contributed by atoms with van der Waals surface area (Å²) in [5.74, 6) is -0.329. The Morgan fingerprint density at radius 1 is 1.12 bits per heavy atom. The van der Waals surface area contributed by atoms with E-state index in [9.17, 15) is 18.0 Å². The van der Waals surface area contributed by atoms with Gasteiger partial charge in [-0.25, -0.2) is 9.97 Å². The number of alkyl halides is 3. The lowest BCUT2D eigenvalue weighted by atomic mass is 9.96. The van der Waals surface area contributed by atoms with E-state index in [4.69, 9.17) is 11.6 Å². The first-order chi connectivity index (χ1) is 15.3. The highest BCUT2D eigenvalue weighted by Gasteiger charge is 2.39. The Morgan fingerprint density at radius 3 is 2.30 bits per heavy atom. The molecule has 0 bridgehead atoms. The van der Waals surface area contributed by atoms with Gasteiger partial charge in [-0.05, 0) is 42.2 Å². The molecule has 0 unspecified atom stereocenters. The molecule has 0 saturated carbocycles. The van der Waals surface area contributed by atoms with Crippen LogP contribution in [-0.4, -0.2) is 38.9 Å². The number of carbonyl (C=O) groups is 1. The van der Waals surface area contributed by atoms with Gasteiger partial charge in [0.2, 0.25) is 0 Å². The van der Waals surface area contributed by atoms with Crippen LogP contribution in [0.2, 0.25) is 5.02 Å². The van der Waals surface area contributed by atoms with Crippen molar-refractivity contribution in [2.75, 3.05) is 13.6 Å². The summed E-state index contributed by atoms with van der Waals surface area (Å²) in [6.07, 6.45) is -3.20. The molecule has 0 aliphatic carbocycles. The number of hydrogen-bond acceptors (Lipinski definition) is 3. The van der Waals surface area contributed by atoms with E-state index in [0.717, 1.165) is 10.6 Å². The van der Waals surface area contributed by atoms with Gasteiger partial charge >= 0.3 is 6.18 Å². The second kappa shape index (κ2) is 9.17. The zero-order valence-electron chi connectivity index (χ0n) is 19.2. The summed E-state index contributed by atoms with van der Waals surface area (Å²) in [6.45, 7) is 7.66. The molecule has 1 amide bonds. The molecule has 3 rings (SSSR count). The first-order valence-corrected chi connectivity index (χ1v) is 10.7. The molecule has 9 heteroatoms. The van der Waals surface area contributed by atoms with Crippen LogP contribution in [0.3, 0.4) is 0 Å². The standard InChI is InChI=1S/C24H26ClF3N4O/c1-15-10-11-29-20(30-15)13-32-19(24(26,27)28)12-18(16-6-8-17(25)9-7-16)21(32)22(33)31(5)14-23(2,3)4/h6-12H,13-14H2,1-5H3. The number of amides is 1. The van der Waals surface area contributed by atoms with Crippen LogP contribution in [0, 0.1) is 12.3 Å². The summed E-state index contributed by atoms with van der Waals surface area (Å²) in [6, 6.07) is 9.04. The molecule has 0 spiro atoms. The third-order valence-electron chi connectivity index (χ3n) is 4.95. The third-order valence-corrected chi connectivity index (χ3v) is 5.20. The molecule has 0 aliphatic heterocycles. The number of halogens is 4.